The first kappa shape index (κ1) is 12.9. The minimum atomic E-state index is -0.343. The number of halogens is 1. The Hall–Kier alpha value is -2.08. The largest absolute Gasteiger partial charge is 0.464 e. The normalized spacial score (nSPS) is 12.7. The van der Waals surface area contributed by atoms with Gasteiger partial charge in [-0.2, -0.15) is 0 Å². The van der Waals surface area contributed by atoms with Crippen molar-refractivity contribution >= 4 is 28.4 Å². The first-order chi connectivity index (χ1) is 9.70. The van der Waals surface area contributed by atoms with Crippen molar-refractivity contribution in [3.63, 3.8) is 0 Å². The Bertz CT molecular complexity index is 756. The summed E-state index contributed by atoms with van der Waals surface area (Å²) in [5.74, 6) is 6.07. The first-order valence-electron chi connectivity index (χ1n) is 6.04. The van der Waals surface area contributed by atoms with Gasteiger partial charge in [-0.25, -0.2) is 10.4 Å². The summed E-state index contributed by atoms with van der Waals surface area (Å²) in [5, 5.41) is 1.47. The monoisotopic (exact) mass is 288 g/mol. The maximum atomic E-state index is 5.99. The van der Waals surface area contributed by atoms with E-state index in [1.807, 2.05) is 24.3 Å². The van der Waals surface area contributed by atoms with Gasteiger partial charge in [0, 0.05) is 22.7 Å². The Morgan fingerprint density at radius 2 is 2.05 bits per heavy atom. The summed E-state index contributed by atoms with van der Waals surface area (Å²) in [7, 11) is 0. The van der Waals surface area contributed by atoms with Crippen LogP contribution in [0.25, 0.3) is 11.0 Å². The topological polar surface area (TPSA) is 90.1 Å². The Balaban J connectivity index is 2.16. The molecule has 0 spiro atoms. The average molecular weight is 289 g/mol. The Morgan fingerprint density at radius 3 is 2.85 bits per heavy atom. The fourth-order valence-electron chi connectivity index (χ4n) is 2.27. The molecule has 3 rings (SSSR count). The fourth-order valence-corrected chi connectivity index (χ4v) is 2.43. The van der Waals surface area contributed by atoms with E-state index >= 15 is 0 Å². The number of rotatable bonds is 3. The summed E-state index contributed by atoms with van der Waals surface area (Å²) < 4.78 is 5.53. The zero-order chi connectivity index (χ0) is 14.1. The highest BCUT2D eigenvalue weighted by molar-refractivity contribution is 6.30. The van der Waals surface area contributed by atoms with Gasteiger partial charge in [0.2, 0.25) is 0 Å². The van der Waals surface area contributed by atoms with Crippen LogP contribution in [0.1, 0.15) is 17.2 Å². The van der Waals surface area contributed by atoms with Gasteiger partial charge in [-0.05, 0) is 12.1 Å². The SMILES string of the molecule is NNC(c1cc(Cl)cnc1N)c1coc2ccccc12. The van der Waals surface area contributed by atoms with Gasteiger partial charge >= 0.3 is 0 Å². The molecule has 0 aliphatic heterocycles. The zero-order valence-electron chi connectivity index (χ0n) is 10.5. The highest BCUT2D eigenvalue weighted by Crippen LogP contribution is 2.32. The second-order valence-electron chi connectivity index (χ2n) is 4.41. The third-order valence-electron chi connectivity index (χ3n) is 3.22. The number of fused-ring (bicyclic) bond motifs is 1. The average Bonchev–Trinajstić information content (AvgIpc) is 2.88. The van der Waals surface area contributed by atoms with Gasteiger partial charge < -0.3 is 10.2 Å². The lowest BCUT2D eigenvalue weighted by Crippen LogP contribution is -2.29. The second-order valence-corrected chi connectivity index (χ2v) is 4.85. The van der Waals surface area contributed by atoms with Crippen molar-refractivity contribution in [2.75, 3.05) is 5.73 Å². The van der Waals surface area contributed by atoms with Crippen LogP contribution in [0.4, 0.5) is 5.82 Å². The molecule has 102 valence electrons. The van der Waals surface area contributed by atoms with Gasteiger partial charge in [-0.3, -0.25) is 5.84 Å². The second kappa shape index (κ2) is 5.13. The van der Waals surface area contributed by atoms with E-state index in [0.29, 0.717) is 16.4 Å². The molecule has 5 nitrogen and oxygen atoms in total. The molecule has 20 heavy (non-hydrogen) atoms. The van der Waals surface area contributed by atoms with E-state index in [-0.39, 0.29) is 6.04 Å². The summed E-state index contributed by atoms with van der Waals surface area (Å²) in [4.78, 5) is 4.06. The number of hydrogen-bond acceptors (Lipinski definition) is 5. The molecule has 6 heteroatoms. The van der Waals surface area contributed by atoms with Crippen molar-refractivity contribution in [2.24, 2.45) is 5.84 Å². The lowest BCUT2D eigenvalue weighted by atomic mass is 9.99. The summed E-state index contributed by atoms with van der Waals surface area (Å²) >= 11 is 5.99. The highest BCUT2D eigenvalue weighted by Gasteiger charge is 2.20. The molecule has 0 bridgehead atoms. The van der Waals surface area contributed by atoms with E-state index in [4.69, 9.17) is 27.6 Å². The van der Waals surface area contributed by atoms with Crippen molar-refractivity contribution < 1.29 is 4.42 Å². The predicted molar refractivity (Wildman–Crippen MR) is 79.0 cm³/mol. The third-order valence-corrected chi connectivity index (χ3v) is 3.42. The molecule has 0 amide bonds. The zero-order valence-corrected chi connectivity index (χ0v) is 11.3. The van der Waals surface area contributed by atoms with Crippen molar-refractivity contribution in [3.05, 3.63) is 58.9 Å². The predicted octanol–water partition coefficient (Wildman–Crippen LogP) is 2.62. The number of nitrogens with one attached hydrogen (secondary N) is 1. The quantitative estimate of drug-likeness (QED) is 0.509. The van der Waals surface area contributed by atoms with Crippen LogP contribution in [-0.2, 0) is 0 Å². The van der Waals surface area contributed by atoms with Crippen LogP contribution in [0.15, 0.2) is 47.2 Å². The number of furan rings is 1. The van der Waals surface area contributed by atoms with E-state index in [9.17, 15) is 0 Å². The molecule has 1 aromatic carbocycles. The lowest BCUT2D eigenvalue weighted by molar-refractivity contribution is 0.586. The Kier molecular flexibility index (Phi) is 3.31. The molecule has 0 aliphatic rings. The van der Waals surface area contributed by atoms with E-state index in [2.05, 4.69) is 10.4 Å². The molecule has 0 fully saturated rings. The number of nitrogens with two attached hydrogens (primary N) is 2. The maximum Gasteiger partial charge on any atom is 0.134 e. The van der Waals surface area contributed by atoms with Crippen LogP contribution in [0.2, 0.25) is 5.02 Å². The van der Waals surface area contributed by atoms with Crippen LogP contribution in [0.5, 0.6) is 0 Å². The van der Waals surface area contributed by atoms with Crippen LogP contribution >= 0.6 is 11.6 Å². The number of benzene rings is 1. The standard InChI is InChI=1S/C14H13ClN4O/c15-8-5-10(14(16)18-6-8)13(19-17)11-7-20-12-4-2-1-3-9(11)12/h1-7,13,19H,17H2,(H2,16,18). The fraction of sp³-hybridized carbons (Fsp3) is 0.0714. The van der Waals surface area contributed by atoms with Gasteiger partial charge in [0.15, 0.2) is 0 Å². The lowest BCUT2D eigenvalue weighted by Gasteiger charge is -2.17. The van der Waals surface area contributed by atoms with Crippen molar-refractivity contribution in [1.29, 1.82) is 0 Å². The smallest absolute Gasteiger partial charge is 0.134 e. The summed E-state index contributed by atoms with van der Waals surface area (Å²) in [6.45, 7) is 0. The molecular weight excluding hydrogens is 276 g/mol. The molecule has 0 saturated heterocycles. The molecule has 1 atom stereocenters. The number of anilines is 1. The number of nitrogens with zero attached hydrogens (tertiary/aromatic N) is 1. The molecule has 2 aromatic heterocycles. The number of nitrogen functional groups attached to an aromatic ring is 1. The van der Waals surface area contributed by atoms with Crippen molar-refractivity contribution in [3.8, 4) is 0 Å². The molecule has 5 N–H and O–H groups in total. The van der Waals surface area contributed by atoms with E-state index in [1.54, 1.807) is 12.3 Å². The van der Waals surface area contributed by atoms with Gasteiger partial charge in [0.05, 0.1) is 17.3 Å². The molecule has 0 radical (unpaired) electrons. The van der Waals surface area contributed by atoms with E-state index in [1.165, 1.54) is 6.20 Å². The van der Waals surface area contributed by atoms with Crippen LogP contribution < -0.4 is 17.0 Å². The summed E-state index contributed by atoms with van der Waals surface area (Å²) in [6.07, 6.45) is 3.16. The third kappa shape index (κ3) is 2.12. The van der Waals surface area contributed by atoms with Crippen LogP contribution in [-0.4, -0.2) is 4.98 Å². The Morgan fingerprint density at radius 1 is 1.25 bits per heavy atom. The summed E-state index contributed by atoms with van der Waals surface area (Å²) in [6, 6.07) is 9.11. The van der Waals surface area contributed by atoms with Gasteiger partial charge in [-0.15, -0.1) is 0 Å². The number of hydrogen-bond donors (Lipinski definition) is 3. The molecule has 3 aromatic rings. The minimum Gasteiger partial charge on any atom is -0.464 e. The van der Waals surface area contributed by atoms with E-state index < -0.39 is 0 Å². The molecular formula is C14H13ClN4O. The van der Waals surface area contributed by atoms with E-state index in [0.717, 1.165) is 16.5 Å². The summed E-state index contributed by atoms with van der Waals surface area (Å²) in [5.41, 5.74) is 11.1. The van der Waals surface area contributed by atoms with Gasteiger partial charge in [0.25, 0.3) is 0 Å². The van der Waals surface area contributed by atoms with Crippen LogP contribution in [0, 0.1) is 0 Å². The highest BCUT2D eigenvalue weighted by atomic mass is 35.5. The molecule has 2 heterocycles. The number of aromatic nitrogens is 1. The molecule has 0 saturated carbocycles. The van der Waals surface area contributed by atoms with Gasteiger partial charge in [-0.1, -0.05) is 29.8 Å². The minimum absolute atomic E-state index is 0.343. The molecule has 1 unspecified atom stereocenters. The van der Waals surface area contributed by atoms with Crippen molar-refractivity contribution in [1.82, 2.24) is 10.4 Å². The molecule has 0 aliphatic carbocycles. The van der Waals surface area contributed by atoms with Crippen molar-refractivity contribution in [2.45, 2.75) is 6.04 Å². The number of hydrazine groups is 1. The number of pyridine rings is 1. The maximum absolute atomic E-state index is 5.99. The number of para-hydroxylation sites is 1. The Labute approximate surface area is 120 Å². The van der Waals surface area contributed by atoms with Gasteiger partial charge in [0.1, 0.15) is 11.4 Å². The first-order valence-corrected chi connectivity index (χ1v) is 6.41. The van der Waals surface area contributed by atoms with Crippen LogP contribution in [0.3, 0.4) is 0 Å².